The number of likely N-dealkylation sites (tertiary alicyclic amines) is 1. The Morgan fingerprint density at radius 1 is 0.940 bits per heavy atom. The average molecular weight is 707 g/mol. The van der Waals surface area contributed by atoms with Crippen molar-refractivity contribution in [3.63, 3.8) is 0 Å². The molecule has 0 bridgehead atoms. The van der Waals surface area contributed by atoms with Crippen LogP contribution in [0.2, 0.25) is 0 Å². The van der Waals surface area contributed by atoms with E-state index in [1.165, 1.54) is 18.2 Å². The highest BCUT2D eigenvalue weighted by Crippen LogP contribution is 2.21. The van der Waals surface area contributed by atoms with E-state index < -0.39 is 71.8 Å². The van der Waals surface area contributed by atoms with E-state index in [0.29, 0.717) is 37.9 Å². The Bertz CT molecular complexity index is 1270. The standard InChI is InChI=1S/C34H58N8O8/c1-19(2)13-24(28(45)16-29(46)39-25(14-20(3)4)31(47)36-10-12-43)40-33(49)30(21(5)6)41-32(48)27-9-8-11-42(27)34(50)26(38-22(7)44)15-23-17-35-18-37-23/h17-21,24-28,30,43,45H,8-16H2,1-7H3,(H,35,37)(H,36,47)(H,38,44)(H,39,46)(H,40,49)(H,41,48)/t24-,25-,26-,27-,28-,30-/m0/s1. The summed E-state index contributed by atoms with van der Waals surface area (Å²) in [5.41, 5.74) is 0.642. The minimum Gasteiger partial charge on any atom is -0.395 e. The lowest BCUT2D eigenvalue weighted by Gasteiger charge is -2.32. The molecule has 0 radical (unpaired) electrons. The number of rotatable bonds is 20. The maximum absolute atomic E-state index is 13.7. The van der Waals surface area contributed by atoms with Crippen molar-refractivity contribution < 1.29 is 39.0 Å². The highest BCUT2D eigenvalue weighted by Gasteiger charge is 2.40. The van der Waals surface area contributed by atoms with Crippen molar-refractivity contribution in [3.8, 4) is 0 Å². The molecule has 282 valence electrons. The molecule has 1 aliphatic rings. The Morgan fingerprint density at radius 3 is 2.18 bits per heavy atom. The van der Waals surface area contributed by atoms with Gasteiger partial charge in [0, 0.05) is 38.3 Å². The lowest BCUT2D eigenvalue weighted by molar-refractivity contribution is -0.142. The van der Waals surface area contributed by atoms with Gasteiger partial charge in [0.1, 0.15) is 24.2 Å². The molecule has 1 fully saturated rings. The van der Waals surface area contributed by atoms with Crippen LogP contribution in [0.15, 0.2) is 12.5 Å². The maximum atomic E-state index is 13.7. The Balaban J connectivity index is 2.14. The third kappa shape index (κ3) is 13.7. The second-order valence-electron chi connectivity index (χ2n) is 14.2. The summed E-state index contributed by atoms with van der Waals surface area (Å²) in [5, 5.41) is 33.8. The fourth-order valence-electron chi connectivity index (χ4n) is 6.03. The Hall–Kier alpha value is -4.05. The van der Waals surface area contributed by atoms with Crippen molar-refractivity contribution >= 4 is 35.4 Å². The zero-order chi connectivity index (χ0) is 37.5. The monoisotopic (exact) mass is 706 g/mol. The normalized spacial score (nSPS) is 17.5. The third-order valence-corrected chi connectivity index (χ3v) is 8.42. The van der Waals surface area contributed by atoms with E-state index in [-0.39, 0.29) is 43.7 Å². The summed E-state index contributed by atoms with van der Waals surface area (Å²) >= 11 is 0. The first kappa shape index (κ1) is 42.1. The van der Waals surface area contributed by atoms with Crippen molar-refractivity contribution in [2.45, 2.75) is 123 Å². The first-order valence-corrected chi connectivity index (χ1v) is 17.5. The van der Waals surface area contributed by atoms with Crippen LogP contribution >= 0.6 is 0 Å². The van der Waals surface area contributed by atoms with Crippen molar-refractivity contribution in [3.05, 3.63) is 18.2 Å². The van der Waals surface area contributed by atoms with Gasteiger partial charge < -0.3 is 46.7 Å². The molecule has 1 aromatic heterocycles. The molecule has 16 nitrogen and oxygen atoms in total. The van der Waals surface area contributed by atoms with Gasteiger partial charge >= 0.3 is 0 Å². The topological polar surface area (TPSA) is 235 Å². The van der Waals surface area contributed by atoms with E-state index >= 15 is 0 Å². The minimum absolute atomic E-state index is 0.0272. The quantitative estimate of drug-likeness (QED) is 0.0873. The molecule has 2 rings (SSSR count). The summed E-state index contributed by atoms with van der Waals surface area (Å²) in [7, 11) is 0. The predicted molar refractivity (Wildman–Crippen MR) is 185 cm³/mol. The number of H-pyrrole nitrogens is 1. The molecule has 0 unspecified atom stereocenters. The van der Waals surface area contributed by atoms with Crippen LogP contribution < -0.4 is 26.6 Å². The Morgan fingerprint density at radius 2 is 1.62 bits per heavy atom. The molecule has 6 atom stereocenters. The smallest absolute Gasteiger partial charge is 0.246 e. The average Bonchev–Trinajstić information content (AvgIpc) is 3.73. The van der Waals surface area contributed by atoms with E-state index in [2.05, 4.69) is 36.6 Å². The van der Waals surface area contributed by atoms with E-state index in [0.717, 1.165) is 0 Å². The van der Waals surface area contributed by atoms with Gasteiger partial charge in [-0.25, -0.2) is 4.98 Å². The number of hydrogen-bond acceptors (Lipinski definition) is 9. The second kappa shape index (κ2) is 20.6. The lowest BCUT2D eigenvalue weighted by Crippen LogP contribution is -2.59. The van der Waals surface area contributed by atoms with Crippen LogP contribution in [0.5, 0.6) is 0 Å². The number of aromatic nitrogens is 2. The summed E-state index contributed by atoms with van der Waals surface area (Å²) in [6.07, 6.45) is 3.12. The van der Waals surface area contributed by atoms with Gasteiger partial charge in [0.05, 0.1) is 31.5 Å². The first-order valence-electron chi connectivity index (χ1n) is 17.5. The van der Waals surface area contributed by atoms with Crippen LogP contribution in [0.4, 0.5) is 0 Å². The zero-order valence-corrected chi connectivity index (χ0v) is 30.5. The number of imidazole rings is 1. The Labute approximate surface area is 294 Å². The molecule has 0 aliphatic carbocycles. The van der Waals surface area contributed by atoms with Gasteiger partial charge in [0.2, 0.25) is 35.4 Å². The maximum Gasteiger partial charge on any atom is 0.246 e. The minimum atomic E-state index is -1.30. The highest BCUT2D eigenvalue weighted by atomic mass is 16.3. The number of aromatic amines is 1. The number of aliphatic hydroxyl groups is 2. The SMILES string of the molecule is CC(=O)N[C@@H](Cc1cnc[nH]1)C(=O)N1CCC[C@H]1C(=O)N[C@H](C(=O)N[C@@H](CC(C)C)[C@@H](O)CC(=O)N[C@@H](CC(C)C)C(=O)NCCO)C(C)C. The van der Waals surface area contributed by atoms with Gasteiger partial charge in [-0.3, -0.25) is 28.8 Å². The molecule has 1 aliphatic heterocycles. The summed E-state index contributed by atoms with van der Waals surface area (Å²) in [6.45, 7) is 12.6. The molecule has 6 amide bonds. The van der Waals surface area contributed by atoms with Crippen LogP contribution in [0.1, 0.15) is 86.3 Å². The molecular weight excluding hydrogens is 648 g/mol. The van der Waals surface area contributed by atoms with E-state index in [4.69, 9.17) is 5.11 Å². The van der Waals surface area contributed by atoms with Crippen molar-refractivity contribution in [2.75, 3.05) is 19.7 Å². The number of nitrogens with zero attached hydrogens (tertiary/aromatic N) is 2. The van der Waals surface area contributed by atoms with E-state index in [1.807, 2.05) is 27.7 Å². The second-order valence-corrected chi connectivity index (χ2v) is 14.2. The summed E-state index contributed by atoms with van der Waals surface area (Å²) in [6, 6.07) is -4.50. The molecule has 0 aromatic carbocycles. The van der Waals surface area contributed by atoms with E-state index in [9.17, 15) is 33.9 Å². The summed E-state index contributed by atoms with van der Waals surface area (Å²) in [5.74, 6) is -3.15. The van der Waals surface area contributed by atoms with Crippen LogP contribution in [0, 0.1) is 17.8 Å². The third-order valence-electron chi connectivity index (χ3n) is 8.42. The summed E-state index contributed by atoms with van der Waals surface area (Å²) < 4.78 is 0. The predicted octanol–water partition coefficient (Wildman–Crippen LogP) is -0.490. The molecule has 1 aromatic rings. The lowest BCUT2D eigenvalue weighted by atomic mass is 9.95. The van der Waals surface area contributed by atoms with Crippen molar-refractivity contribution in [1.82, 2.24) is 41.5 Å². The van der Waals surface area contributed by atoms with Gasteiger partial charge in [-0.15, -0.1) is 0 Å². The molecular formula is C34H58N8O8. The first-order chi connectivity index (χ1) is 23.5. The molecule has 8 N–H and O–H groups in total. The van der Waals surface area contributed by atoms with Crippen LogP contribution in [-0.4, -0.2) is 117 Å². The number of carbonyl (C=O) groups excluding carboxylic acids is 6. The molecule has 2 heterocycles. The number of amides is 6. The Kier molecular flexibility index (Phi) is 17.3. The fourth-order valence-corrected chi connectivity index (χ4v) is 6.03. The number of aliphatic hydroxyl groups excluding tert-OH is 2. The number of nitrogens with one attached hydrogen (secondary N) is 6. The zero-order valence-electron chi connectivity index (χ0n) is 30.5. The van der Waals surface area contributed by atoms with Gasteiger partial charge in [-0.05, 0) is 43.4 Å². The summed E-state index contributed by atoms with van der Waals surface area (Å²) in [4.78, 5) is 86.7. The number of carbonyl (C=O) groups is 6. The number of hydrogen-bond donors (Lipinski definition) is 8. The van der Waals surface area contributed by atoms with Crippen LogP contribution in [0.25, 0.3) is 0 Å². The van der Waals surface area contributed by atoms with Gasteiger partial charge in [0.15, 0.2) is 0 Å². The van der Waals surface area contributed by atoms with Crippen molar-refractivity contribution in [1.29, 1.82) is 0 Å². The van der Waals surface area contributed by atoms with Crippen LogP contribution in [-0.2, 0) is 35.2 Å². The molecule has 50 heavy (non-hydrogen) atoms. The molecule has 1 saturated heterocycles. The molecule has 16 heteroatoms. The van der Waals surface area contributed by atoms with Gasteiger partial charge in [-0.1, -0.05) is 41.5 Å². The van der Waals surface area contributed by atoms with Gasteiger partial charge in [0.25, 0.3) is 0 Å². The largest absolute Gasteiger partial charge is 0.395 e. The van der Waals surface area contributed by atoms with Crippen molar-refractivity contribution in [2.24, 2.45) is 17.8 Å². The molecule has 0 spiro atoms. The fraction of sp³-hybridized carbons (Fsp3) is 0.735. The van der Waals surface area contributed by atoms with Crippen LogP contribution in [0.3, 0.4) is 0 Å². The van der Waals surface area contributed by atoms with E-state index in [1.54, 1.807) is 20.0 Å². The highest BCUT2D eigenvalue weighted by molar-refractivity contribution is 5.95. The molecule has 0 saturated carbocycles. The van der Waals surface area contributed by atoms with Gasteiger partial charge in [-0.2, -0.15) is 0 Å².